The van der Waals surface area contributed by atoms with Crippen molar-refractivity contribution >= 4 is 11.5 Å². The second kappa shape index (κ2) is 5.89. The third-order valence-corrected chi connectivity index (χ3v) is 4.19. The van der Waals surface area contributed by atoms with Crippen molar-refractivity contribution in [2.75, 3.05) is 38.2 Å². The van der Waals surface area contributed by atoms with Gasteiger partial charge in [0.25, 0.3) is 0 Å². The van der Waals surface area contributed by atoms with Gasteiger partial charge in [-0.1, -0.05) is 18.2 Å². The zero-order valence-corrected chi connectivity index (χ0v) is 13.1. The summed E-state index contributed by atoms with van der Waals surface area (Å²) in [6.07, 6.45) is 3.82. The summed E-state index contributed by atoms with van der Waals surface area (Å²) >= 11 is 0. The van der Waals surface area contributed by atoms with E-state index >= 15 is 0 Å². The van der Waals surface area contributed by atoms with Crippen LogP contribution in [0.3, 0.4) is 0 Å². The fourth-order valence-electron chi connectivity index (χ4n) is 2.99. The van der Waals surface area contributed by atoms with E-state index in [0.717, 1.165) is 54.5 Å². The van der Waals surface area contributed by atoms with E-state index in [1.807, 2.05) is 47.2 Å². The number of hydrogen-bond acceptors (Lipinski definition) is 5. The summed E-state index contributed by atoms with van der Waals surface area (Å²) in [5.74, 6) is 1.83. The van der Waals surface area contributed by atoms with Crippen LogP contribution in [-0.2, 0) is 0 Å². The Morgan fingerprint density at radius 1 is 1.09 bits per heavy atom. The van der Waals surface area contributed by atoms with Gasteiger partial charge < -0.3 is 15.0 Å². The van der Waals surface area contributed by atoms with E-state index in [-0.39, 0.29) is 0 Å². The van der Waals surface area contributed by atoms with E-state index in [2.05, 4.69) is 15.3 Å². The number of nitrogens with one attached hydrogen (secondary N) is 1. The van der Waals surface area contributed by atoms with Crippen LogP contribution < -0.4 is 15.0 Å². The summed E-state index contributed by atoms with van der Waals surface area (Å²) in [6.45, 7) is 3.93. The quantitative estimate of drug-likeness (QED) is 0.800. The van der Waals surface area contributed by atoms with Gasteiger partial charge in [-0.3, -0.25) is 0 Å². The van der Waals surface area contributed by atoms with Crippen molar-refractivity contribution < 1.29 is 4.74 Å². The Balaban J connectivity index is 1.81. The van der Waals surface area contributed by atoms with Crippen LogP contribution in [0.25, 0.3) is 16.8 Å². The lowest BCUT2D eigenvalue weighted by Crippen LogP contribution is -2.43. The lowest BCUT2D eigenvalue weighted by Gasteiger charge is -2.28. The number of ether oxygens (including phenoxy) is 1. The molecule has 4 rings (SSSR count). The third kappa shape index (κ3) is 2.51. The highest BCUT2D eigenvalue weighted by molar-refractivity contribution is 5.81. The van der Waals surface area contributed by atoms with Gasteiger partial charge in [0.2, 0.25) is 0 Å². The van der Waals surface area contributed by atoms with Gasteiger partial charge in [-0.15, -0.1) is 0 Å². The topological polar surface area (TPSA) is 54.7 Å². The molecule has 1 N–H and O–H groups in total. The molecule has 1 fully saturated rings. The first-order valence-electron chi connectivity index (χ1n) is 7.80. The molecule has 0 spiro atoms. The average molecular weight is 309 g/mol. The van der Waals surface area contributed by atoms with Gasteiger partial charge in [0.1, 0.15) is 11.6 Å². The van der Waals surface area contributed by atoms with E-state index in [1.165, 1.54) is 0 Å². The zero-order valence-electron chi connectivity index (χ0n) is 13.1. The molecule has 0 aliphatic carbocycles. The van der Waals surface area contributed by atoms with Gasteiger partial charge in [-0.2, -0.15) is 5.10 Å². The Morgan fingerprint density at radius 3 is 2.74 bits per heavy atom. The van der Waals surface area contributed by atoms with Crippen LogP contribution in [0.1, 0.15) is 0 Å². The minimum atomic E-state index is 0.830. The van der Waals surface area contributed by atoms with E-state index in [0.29, 0.717) is 0 Å². The minimum absolute atomic E-state index is 0.830. The van der Waals surface area contributed by atoms with Crippen LogP contribution in [0, 0.1) is 0 Å². The molecule has 0 unspecified atom stereocenters. The highest BCUT2D eigenvalue weighted by atomic mass is 16.5. The number of hydrogen-bond donors (Lipinski definition) is 1. The summed E-state index contributed by atoms with van der Waals surface area (Å²) in [5.41, 5.74) is 2.85. The molecular weight excluding hydrogens is 290 g/mol. The first-order chi connectivity index (χ1) is 11.4. The van der Waals surface area contributed by atoms with Crippen molar-refractivity contribution in [2.24, 2.45) is 0 Å². The smallest absolute Gasteiger partial charge is 0.165 e. The molecule has 6 heteroatoms. The van der Waals surface area contributed by atoms with Gasteiger partial charge in [-0.25, -0.2) is 9.50 Å². The van der Waals surface area contributed by atoms with E-state index in [1.54, 1.807) is 7.11 Å². The maximum Gasteiger partial charge on any atom is 0.165 e. The zero-order chi connectivity index (χ0) is 15.6. The maximum absolute atomic E-state index is 5.48. The van der Waals surface area contributed by atoms with E-state index in [4.69, 9.17) is 9.72 Å². The minimum Gasteiger partial charge on any atom is -0.496 e. The fourth-order valence-corrected chi connectivity index (χ4v) is 2.99. The number of aromatic nitrogens is 3. The summed E-state index contributed by atoms with van der Waals surface area (Å²) in [6, 6.07) is 9.99. The second-order valence-electron chi connectivity index (χ2n) is 5.55. The molecule has 3 heterocycles. The first-order valence-corrected chi connectivity index (χ1v) is 7.80. The molecular formula is C17H19N5O. The Morgan fingerprint density at radius 2 is 1.91 bits per heavy atom. The highest BCUT2D eigenvalue weighted by Gasteiger charge is 2.16. The first kappa shape index (κ1) is 14.0. The number of rotatable bonds is 3. The molecule has 6 nitrogen and oxygen atoms in total. The molecule has 118 valence electrons. The summed E-state index contributed by atoms with van der Waals surface area (Å²) in [5, 5.41) is 7.79. The number of anilines is 1. The summed E-state index contributed by atoms with van der Waals surface area (Å²) in [4.78, 5) is 7.15. The van der Waals surface area contributed by atoms with Gasteiger partial charge in [-0.05, 0) is 12.1 Å². The van der Waals surface area contributed by atoms with Gasteiger partial charge in [0.05, 0.1) is 18.9 Å². The lowest BCUT2D eigenvalue weighted by molar-refractivity contribution is 0.416. The normalized spacial score (nSPS) is 15.1. The second-order valence-corrected chi connectivity index (χ2v) is 5.55. The van der Waals surface area contributed by atoms with Crippen LogP contribution in [0.15, 0.2) is 42.7 Å². The van der Waals surface area contributed by atoms with Crippen molar-refractivity contribution in [3.8, 4) is 16.9 Å². The van der Waals surface area contributed by atoms with Crippen molar-refractivity contribution in [1.82, 2.24) is 19.9 Å². The van der Waals surface area contributed by atoms with Crippen molar-refractivity contribution in [2.45, 2.75) is 0 Å². The summed E-state index contributed by atoms with van der Waals surface area (Å²) in [7, 11) is 1.68. The molecule has 0 radical (unpaired) electrons. The van der Waals surface area contributed by atoms with E-state index < -0.39 is 0 Å². The summed E-state index contributed by atoms with van der Waals surface area (Å²) < 4.78 is 7.29. The van der Waals surface area contributed by atoms with E-state index in [9.17, 15) is 0 Å². The highest BCUT2D eigenvalue weighted by Crippen LogP contribution is 2.32. The maximum atomic E-state index is 5.48. The number of para-hydroxylation sites is 1. The van der Waals surface area contributed by atoms with Gasteiger partial charge in [0.15, 0.2) is 5.65 Å². The molecule has 1 aliphatic heterocycles. The van der Waals surface area contributed by atoms with Crippen molar-refractivity contribution in [3.05, 3.63) is 42.7 Å². The Kier molecular flexibility index (Phi) is 3.59. The molecule has 1 aromatic carbocycles. The monoisotopic (exact) mass is 309 g/mol. The molecule has 3 aromatic rings. The number of methoxy groups -OCH3 is 1. The number of piperazine rings is 1. The number of fused-ring (bicyclic) bond motifs is 1. The Hall–Kier alpha value is -2.60. The average Bonchev–Trinajstić information content (AvgIpc) is 3.05. The molecule has 23 heavy (non-hydrogen) atoms. The molecule has 1 aliphatic rings. The molecule has 0 amide bonds. The van der Waals surface area contributed by atoms with Crippen LogP contribution >= 0.6 is 0 Å². The SMILES string of the molecule is COc1ccccc1-c1cnn2ccc(N3CCNCC3)nc12. The van der Waals surface area contributed by atoms with Crippen molar-refractivity contribution in [1.29, 1.82) is 0 Å². The number of nitrogens with zero attached hydrogens (tertiary/aromatic N) is 4. The van der Waals surface area contributed by atoms with Crippen LogP contribution in [0.5, 0.6) is 5.75 Å². The van der Waals surface area contributed by atoms with Crippen LogP contribution in [0.4, 0.5) is 5.82 Å². The Labute approximate surface area is 134 Å². The molecule has 0 saturated carbocycles. The van der Waals surface area contributed by atoms with Gasteiger partial charge in [0, 0.05) is 37.9 Å². The van der Waals surface area contributed by atoms with Crippen LogP contribution in [-0.4, -0.2) is 47.9 Å². The Bertz CT molecular complexity index is 823. The van der Waals surface area contributed by atoms with Crippen molar-refractivity contribution in [3.63, 3.8) is 0 Å². The number of benzene rings is 1. The van der Waals surface area contributed by atoms with Crippen LogP contribution in [0.2, 0.25) is 0 Å². The fraction of sp³-hybridized carbons (Fsp3) is 0.294. The van der Waals surface area contributed by atoms with Gasteiger partial charge >= 0.3 is 0 Å². The molecule has 1 saturated heterocycles. The standard InChI is InChI=1S/C17H19N5O/c1-23-15-5-3-2-4-13(15)14-12-19-22-9-6-16(20-17(14)22)21-10-7-18-8-11-21/h2-6,9,12,18H,7-8,10-11H2,1H3. The largest absolute Gasteiger partial charge is 0.496 e. The lowest BCUT2D eigenvalue weighted by atomic mass is 10.1. The molecule has 2 aromatic heterocycles. The predicted octanol–water partition coefficient (Wildman–Crippen LogP) is 1.81. The predicted molar refractivity (Wildman–Crippen MR) is 90.1 cm³/mol. The molecule has 0 bridgehead atoms. The molecule has 0 atom stereocenters. The third-order valence-electron chi connectivity index (χ3n) is 4.19.